The van der Waals surface area contributed by atoms with E-state index in [1.807, 2.05) is 0 Å². The van der Waals surface area contributed by atoms with Crippen LogP contribution in [-0.2, 0) is 0 Å². The Bertz CT molecular complexity index is 246. The fourth-order valence-corrected chi connectivity index (χ4v) is 3.12. The van der Waals surface area contributed by atoms with Crippen LogP contribution in [0.3, 0.4) is 0 Å². The number of piperidine rings is 1. The summed E-state index contributed by atoms with van der Waals surface area (Å²) < 4.78 is 0. The summed E-state index contributed by atoms with van der Waals surface area (Å²) in [6.07, 6.45) is 2.75. The highest BCUT2D eigenvalue weighted by Gasteiger charge is 2.31. The molecule has 1 rings (SSSR count). The summed E-state index contributed by atoms with van der Waals surface area (Å²) in [5.74, 6) is 1.63. The minimum atomic E-state index is 0.486. The van der Waals surface area contributed by atoms with Crippen molar-refractivity contribution in [2.45, 2.75) is 73.4 Å². The third-order valence-electron chi connectivity index (χ3n) is 5.00. The lowest BCUT2D eigenvalue weighted by molar-refractivity contribution is 0.0694. The summed E-state index contributed by atoms with van der Waals surface area (Å²) in [5.41, 5.74) is 0.486. The zero-order valence-corrected chi connectivity index (χ0v) is 14.3. The Kier molecular flexibility index (Phi) is 6.32. The van der Waals surface area contributed by atoms with Crippen molar-refractivity contribution in [3.05, 3.63) is 0 Å². The Labute approximate surface area is 121 Å². The van der Waals surface area contributed by atoms with Crippen LogP contribution in [0.1, 0.15) is 61.3 Å². The van der Waals surface area contributed by atoms with Crippen LogP contribution in [-0.4, -0.2) is 36.6 Å². The largest absolute Gasteiger partial charge is 0.314 e. The molecule has 1 aliphatic rings. The number of likely N-dealkylation sites (tertiary alicyclic amines) is 1. The summed E-state index contributed by atoms with van der Waals surface area (Å²) in [4.78, 5) is 2.70. The van der Waals surface area contributed by atoms with E-state index in [4.69, 9.17) is 0 Å². The molecule has 2 unspecified atom stereocenters. The molecule has 0 aliphatic carbocycles. The summed E-state index contributed by atoms with van der Waals surface area (Å²) in [7, 11) is 0. The number of rotatable bonds is 5. The molecular formula is C17H36N2. The SMILES string of the molecule is CC(C)NCC(C)C(C)N1CCC(C(C)(C)C)CC1. The van der Waals surface area contributed by atoms with E-state index in [0.717, 1.165) is 18.4 Å². The van der Waals surface area contributed by atoms with E-state index in [-0.39, 0.29) is 0 Å². The first-order valence-corrected chi connectivity index (χ1v) is 8.19. The van der Waals surface area contributed by atoms with Gasteiger partial charge in [0.1, 0.15) is 0 Å². The number of nitrogens with one attached hydrogen (secondary N) is 1. The average Bonchev–Trinajstić information content (AvgIpc) is 2.34. The molecule has 1 saturated heterocycles. The highest BCUT2D eigenvalue weighted by atomic mass is 15.2. The van der Waals surface area contributed by atoms with E-state index in [1.165, 1.54) is 25.9 Å². The monoisotopic (exact) mass is 268 g/mol. The van der Waals surface area contributed by atoms with Crippen molar-refractivity contribution in [1.29, 1.82) is 0 Å². The summed E-state index contributed by atoms with van der Waals surface area (Å²) >= 11 is 0. The van der Waals surface area contributed by atoms with Gasteiger partial charge >= 0.3 is 0 Å². The maximum Gasteiger partial charge on any atom is 0.0105 e. The van der Waals surface area contributed by atoms with E-state index in [9.17, 15) is 0 Å². The van der Waals surface area contributed by atoms with Gasteiger partial charge in [-0.05, 0) is 56.7 Å². The molecule has 0 spiro atoms. The van der Waals surface area contributed by atoms with Crippen molar-refractivity contribution >= 4 is 0 Å². The Morgan fingerprint density at radius 3 is 2.00 bits per heavy atom. The van der Waals surface area contributed by atoms with Crippen LogP contribution in [0.15, 0.2) is 0 Å². The van der Waals surface area contributed by atoms with E-state index in [0.29, 0.717) is 17.5 Å². The lowest BCUT2D eigenvalue weighted by Gasteiger charge is -2.42. The molecule has 1 fully saturated rings. The van der Waals surface area contributed by atoms with Crippen molar-refractivity contribution in [3.63, 3.8) is 0 Å². The highest BCUT2D eigenvalue weighted by Crippen LogP contribution is 2.35. The van der Waals surface area contributed by atoms with E-state index >= 15 is 0 Å². The van der Waals surface area contributed by atoms with E-state index in [1.54, 1.807) is 0 Å². The lowest BCUT2D eigenvalue weighted by Crippen LogP contribution is -2.47. The first kappa shape index (κ1) is 17.0. The molecule has 2 atom stereocenters. The molecule has 0 aromatic rings. The molecule has 1 N–H and O–H groups in total. The first-order valence-electron chi connectivity index (χ1n) is 8.19. The van der Waals surface area contributed by atoms with Crippen molar-refractivity contribution in [2.24, 2.45) is 17.3 Å². The van der Waals surface area contributed by atoms with E-state index in [2.05, 4.69) is 58.7 Å². The van der Waals surface area contributed by atoms with Crippen LogP contribution in [0.25, 0.3) is 0 Å². The lowest BCUT2D eigenvalue weighted by atomic mass is 9.75. The van der Waals surface area contributed by atoms with Crippen LogP contribution < -0.4 is 5.32 Å². The first-order chi connectivity index (χ1) is 8.71. The molecule has 2 heteroatoms. The van der Waals surface area contributed by atoms with Gasteiger partial charge in [-0.1, -0.05) is 41.5 Å². The molecule has 0 aromatic heterocycles. The molecule has 1 aliphatic heterocycles. The standard InChI is InChI=1S/C17H36N2/c1-13(2)18-12-14(3)15(4)19-10-8-16(9-11-19)17(5,6)7/h13-16,18H,8-12H2,1-7H3. The molecule has 19 heavy (non-hydrogen) atoms. The molecule has 114 valence electrons. The third kappa shape index (κ3) is 5.43. The van der Waals surface area contributed by atoms with Gasteiger partial charge in [0.2, 0.25) is 0 Å². The van der Waals surface area contributed by atoms with Crippen LogP contribution in [0.2, 0.25) is 0 Å². The summed E-state index contributed by atoms with van der Waals surface area (Å²) in [6, 6.07) is 1.30. The smallest absolute Gasteiger partial charge is 0.0105 e. The zero-order valence-electron chi connectivity index (χ0n) is 14.3. The van der Waals surface area contributed by atoms with Crippen molar-refractivity contribution in [1.82, 2.24) is 10.2 Å². The average molecular weight is 268 g/mol. The second kappa shape index (κ2) is 7.08. The predicted octanol–water partition coefficient (Wildman–Crippen LogP) is 3.77. The second-order valence-electron chi connectivity index (χ2n) is 7.96. The van der Waals surface area contributed by atoms with Gasteiger partial charge in [-0.25, -0.2) is 0 Å². The van der Waals surface area contributed by atoms with Crippen molar-refractivity contribution < 1.29 is 0 Å². The zero-order chi connectivity index (χ0) is 14.6. The normalized spacial score (nSPS) is 22.7. The molecule has 2 nitrogen and oxygen atoms in total. The molecule has 0 amide bonds. The fourth-order valence-electron chi connectivity index (χ4n) is 3.12. The second-order valence-corrected chi connectivity index (χ2v) is 7.96. The van der Waals surface area contributed by atoms with Crippen LogP contribution in [0.4, 0.5) is 0 Å². The molecule has 0 bridgehead atoms. The van der Waals surface area contributed by atoms with E-state index < -0.39 is 0 Å². The summed E-state index contributed by atoms with van der Waals surface area (Å²) in [5, 5.41) is 3.57. The van der Waals surface area contributed by atoms with Crippen LogP contribution in [0.5, 0.6) is 0 Å². The van der Waals surface area contributed by atoms with Gasteiger partial charge in [-0.2, -0.15) is 0 Å². The molecule has 0 saturated carbocycles. The van der Waals surface area contributed by atoms with Gasteiger partial charge < -0.3 is 10.2 Å². The van der Waals surface area contributed by atoms with Crippen LogP contribution in [0, 0.1) is 17.3 Å². The number of hydrogen-bond donors (Lipinski definition) is 1. The predicted molar refractivity (Wildman–Crippen MR) is 85.5 cm³/mol. The van der Waals surface area contributed by atoms with Gasteiger partial charge in [-0.15, -0.1) is 0 Å². The maximum absolute atomic E-state index is 3.57. The summed E-state index contributed by atoms with van der Waals surface area (Å²) in [6.45, 7) is 20.1. The van der Waals surface area contributed by atoms with Gasteiger partial charge in [0.05, 0.1) is 0 Å². The minimum Gasteiger partial charge on any atom is -0.314 e. The quantitative estimate of drug-likeness (QED) is 0.816. The third-order valence-corrected chi connectivity index (χ3v) is 5.00. The van der Waals surface area contributed by atoms with Crippen LogP contribution >= 0.6 is 0 Å². The van der Waals surface area contributed by atoms with Gasteiger partial charge in [0.15, 0.2) is 0 Å². The Morgan fingerprint density at radius 2 is 1.58 bits per heavy atom. The van der Waals surface area contributed by atoms with Gasteiger partial charge in [0, 0.05) is 12.1 Å². The molecule has 1 heterocycles. The maximum atomic E-state index is 3.57. The molecular weight excluding hydrogens is 232 g/mol. The topological polar surface area (TPSA) is 15.3 Å². The number of nitrogens with zero attached hydrogens (tertiary/aromatic N) is 1. The number of hydrogen-bond acceptors (Lipinski definition) is 2. The molecule has 0 aromatic carbocycles. The minimum absolute atomic E-state index is 0.486. The van der Waals surface area contributed by atoms with Gasteiger partial charge in [0.25, 0.3) is 0 Å². The fraction of sp³-hybridized carbons (Fsp3) is 1.00. The van der Waals surface area contributed by atoms with Gasteiger partial charge in [-0.3, -0.25) is 0 Å². The Balaban J connectivity index is 2.38. The van der Waals surface area contributed by atoms with Crippen molar-refractivity contribution in [2.75, 3.05) is 19.6 Å². The highest BCUT2D eigenvalue weighted by molar-refractivity contribution is 4.84. The van der Waals surface area contributed by atoms with Crippen molar-refractivity contribution in [3.8, 4) is 0 Å². The Morgan fingerprint density at radius 1 is 1.05 bits per heavy atom. The molecule has 0 radical (unpaired) electrons. The Hall–Kier alpha value is -0.0800.